The number of aryl methyl sites for hydroxylation is 1. The first kappa shape index (κ1) is 18.2. The summed E-state index contributed by atoms with van der Waals surface area (Å²) in [7, 11) is 0. The molecule has 0 saturated carbocycles. The number of benzene rings is 2. The molecule has 7 nitrogen and oxygen atoms in total. The molecule has 2 heterocycles. The highest BCUT2D eigenvalue weighted by Gasteiger charge is 2.25. The summed E-state index contributed by atoms with van der Waals surface area (Å²) in [6, 6.07) is 12.9. The molecule has 7 heteroatoms. The van der Waals surface area contributed by atoms with E-state index in [2.05, 4.69) is 22.0 Å². The van der Waals surface area contributed by atoms with Crippen molar-refractivity contribution in [1.82, 2.24) is 10.1 Å². The van der Waals surface area contributed by atoms with Crippen LogP contribution < -0.4 is 4.90 Å². The van der Waals surface area contributed by atoms with Gasteiger partial charge >= 0.3 is 0 Å². The van der Waals surface area contributed by atoms with Crippen LogP contribution in [0.4, 0.5) is 11.4 Å². The number of hydrogen-bond donors (Lipinski definition) is 0. The molecule has 4 rings (SSSR count). The highest BCUT2D eigenvalue weighted by Crippen LogP contribution is 2.35. The highest BCUT2D eigenvalue weighted by molar-refractivity contribution is 5.72. The molecular weight excluding hydrogens is 356 g/mol. The second-order valence-corrected chi connectivity index (χ2v) is 7.39. The van der Waals surface area contributed by atoms with Crippen molar-refractivity contribution < 1.29 is 9.45 Å². The molecule has 0 aliphatic carbocycles. The quantitative estimate of drug-likeness (QED) is 0.476. The molecule has 1 fully saturated rings. The van der Waals surface area contributed by atoms with Crippen LogP contribution in [0.2, 0.25) is 0 Å². The first-order valence-electron chi connectivity index (χ1n) is 9.46. The normalized spacial score (nSPS) is 16.9. The first-order chi connectivity index (χ1) is 13.5. The van der Waals surface area contributed by atoms with Crippen molar-refractivity contribution in [2.45, 2.75) is 26.7 Å². The minimum absolute atomic E-state index is 0.0715. The van der Waals surface area contributed by atoms with Crippen molar-refractivity contribution in [2.75, 3.05) is 18.0 Å². The Kier molecular flexibility index (Phi) is 4.81. The van der Waals surface area contributed by atoms with E-state index in [9.17, 15) is 10.1 Å². The van der Waals surface area contributed by atoms with Gasteiger partial charge in [0.1, 0.15) is 5.69 Å². The Morgan fingerprint density at radius 2 is 2.07 bits per heavy atom. The number of nitro groups is 1. The maximum Gasteiger partial charge on any atom is 0.293 e. The van der Waals surface area contributed by atoms with Crippen LogP contribution in [0.3, 0.4) is 0 Å². The first-order valence-corrected chi connectivity index (χ1v) is 9.46. The van der Waals surface area contributed by atoms with Crippen molar-refractivity contribution in [3.05, 3.63) is 58.1 Å². The van der Waals surface area contributed by atoms with Gasteiger partial charge in [0.25, 0.3) is 11.6 Å². The summed E-state index contributed by atoms with van der Waals surface area (Å²) >= 11 is 0. The summed E-state index contributed by atoms with van der Waals surface area (Å²) in [5, 5.41) is 15.8. The average Bonchev–Trinajstić information content (AvgIpc) is 3.18. The summed E-state index contributed by atoms with van der Waals surface area (Å²) in [4.78, 5) is 17.9. The molecule has 2 aromatic carbocycles. The standard InChI is InChI=1S/C21H22N4O3/c1-14-6-5-11-24(13-14)18-10-9-16(12-19(18)25(26)27)21-22-20(23-28-21)17-8-4-3-7-15(17)2/h3-4,7-10,12,14H,5-6,11,13H2,1-2H3/t14-/m0/s1. The van der Waals surface area contributed by atoms with Gasteiger partial charge in [-0.05, 0) is 43.4 Å². The Bertz CT molecular complexity index is 1010. The van der Waals surface area contributed by atoms with E-state index < -0.39 is 0 Å². The summed E-state index contributed by atoms with van der Waals surface area (Å²) in [6.45, 7) is 5.82. The molecular formula is C21H22N4O3. The number of nitro benzene ring substituents is 1. The summed E-state index contributed by atoms with van der Waals surface area (Å²) in [5.74, 6) is 1.28. The van der Waals surface area contributed by atoms with E-state index in [4.69, 9.17) is 4.52 Å². The van der Waals surface area contributed by atoms with E-state index in [1.165, 1.54) is 6.07 Å². The van der Waals surface area contributed by atoms with Gasteiger partial charge in [0.05, 0.1) is 4.92 Å². The van der Waals surface area contributed by atoms with Gasteiger partial charge in [0, 0.05) is 30.3 Å². The summed E-state index contributed by atoms with van der Waals surface area (Å²) < 4.78 is 5.40. The Morgan fingerprint density at radius 3 is 2.82 bits per heavy atom. The van der Waals surface area contributed by atoms with Gasteiger partial charge in [0.15, 0.2) is 0 Å². The molecule has 1 aliphatic rings. The second kappa shape index (κ2) is 7.42. The predicted octanol–water partition coefficient (Wildman–Crippen LogP) is 4.86. The van der Waals surface area contributed by atoms with Gasteiger partial charge in [-0.25, -0.2) is 0 Å². The summed E-state index contributed by atoms with van der Waals surface area (Å²) in [6.07, 6.45) is 2.20. The van der Waals surface area contributed by atoms with Gasteiger partial charge in [-0.15, -0.1) is 0 Å². The van der Waals surface area contributed by atoms with Crippen LogP contribution in [0, 0.1) is 23.0 Å². The number of piperidine rings is 1. The van der Waals surface area contributed by atoms with Crippen molar-refractivity contribution in [2.24, 2.45) is 5.92 Å². The van der Waals surface area contributed by atoms with Crippen LogP contribution >= 0.6 is 0 Å². The monoisotopic (exact) mass is 378 g/mol. The molecule has 0 radical (unpaired) electrons. The molecule has 3 aromatic rings. The number of hydrogen-bond acceptors (Lipinski definition) is 6. The van der Waals surface area contributed by atoms with E-state index in [-0.39, 0.29) is 16.5 Å². The Labute approximate surface area is 163 Å². The van der Waals surface area contributed by atoms with Crippen LogP contribution in [0.25, 0.3) is 22.8 Å². The van der Waals surface area contributed by atoms with Gasteiger partial charge in [-0.1, -0.05) is 36.3 Å². The van der Waals surface area contributed by atoms with Crippen molar-refractivity contribution in [3.63, 3.8) is 0 Å². The minimum Gasteiger partial charge on any atom is -0.366 e. The molecule has 0 unspecified atom stereocenters. The van der Waals surface area contributed by atoms with E-state index in [0.29, 0.717) is 23.0 Å². The number of rotatable bonds is 4. The summed E-state index contributed by atoms with van der Waals surface area (Å²) in [5.41, 5.74) is 3.19. The van der Waals surface area contributed by atoms with Gasteiger partial charge in [-0.3, -0.25) is 10.1 Å². The van der Waals surface area contributed by atoms with E-state index in [1.807, 2.05) is 37.3 Å². The third kappa shape index (κ3) is 3.47. The Hall–Kier alpha value is -3.22. The zero-order valence-electron chi connectivity index (χ0n) is 16.0. The van der Waals surface area contributed by atoms with Crippen molar-refractivity contribution in [1.29, 1.82) is 0 Å². The molecule has 0 bridgehead atoms. The van der Waals surface area contributed by atoms with Gasteiger partial charge in [-0.2, -0.15) is 4.98 Å². The van der Waals surface area contributed by atoms with Crippen molar-refractivity contribution >= 4 is 11.4 Å². The third-order valence-corrected chi connectivity index (χ3v) is 5.23. The van der Waals surface area contributed by atoms with E-state index >= 15 is 0 Å². The van der Waals surface area contributed by atoms with Gasteiger partial charge < -0.3 is 9.42 Å². The Morgan fingerprint density at radius 1 is 1.25 bits per heavy atom. The van der Waals surface area contributed by atoms with Crippen molar-refractivity contribution in [3.8, 4) is 22.8 Å². The lowest BCUT2D eigenvalue weighted by molar-refractivity contribution is -0.384. The van der Waals surface area contributed by atoms with Crippen LogP contribution in [-0.2, 0) is 0 Å². The smallest absolute Gasteiger partial charge is 0.293 e. The molecule has 144 valence electrons. The molecule has 1 aromatic heterocycles. The molecule has 0 amide bonds. The maximum absolute atomic E-state index is 11.7. The fraction of sp³-hybridized carbons (Fsp3) is 0.333. The van der Waals surface area contributed by atoms with Crippen LogP contribution in [0.15, 0.2) is 47.0 Å². The number of nitrogens with zero attached hydrogens (tertiary/aromatic N) is 4. The average molecular weight is 378 g/mol. The molecule has 1 atom stereocenters. The lowest BCUT2D eigenvalue weighted by atomic mass is 9.99. The topological polar surface area (TPSA) is 85.3 Å². The largest absolute Gasteiger partial charge is 0.366 e. The molecule has 1 saturated heterocycles. The lowest BCUT2D eigenvalue weighted by Crippen LogP contribution is -2.34. The lowest BCUT2D eigenvalue weighted by Gasteiger charge is -2.32. The molecule has 0 N–H and O–H groups in total. The highest BCUT2D eigenvalue weighted by atomic mass is 16.6. The molecule has 0 spiro atoms. The fourth-order valence-electron chi connectivity index (χ4n) is 3.75. The van der Waals surface area contributed by atoms with Gasteiger partial charge in [0.2, 0.25) is 5.82 Å². The van der Waals surface area contributed by atoms with Crippen LogP contribution in [0.1, 0.15) is 25.3 Å². The third-order valence-electron chi connectivity index (χ3n) is 5.23. The van der Waals surface area contributed by atoms with E-state index in [1.54, 1.807) is 6.07 Å². The maximum atomic E-state index is 11.7. The Balaban J connectivity index is 1.69. The number of aromatic nitrogens is 2. The number of anilines is 1. The van der Waals surface area contributed by atoms with Crippen LogP contribution in [0.5, 0.6) is 0 Å². The van der Waals surface area contributed by atoms with E-state index in [0.717, 1.165) is 37.1 Å². The SMILES string of the molecule is Cc1ccccc1-c1noc(-c2ccc(N3CCC[C@H](C)C3)c([N+](=O)[O-])c2)n1. The zero-order chi connectivity index (χ0) is 19.7. The molecule has 1 aliphatic heterocycles. The zero-order valence-corrected chi connectivity index (χ0v) is 16.0. The second-order valence-electron chi connectivity index (χ2n) is 7.39. The predicted molar refractivity (Wildman–Crippen MR) is 107 cm³/mol. The minimum atomic E-state index is -0.337. The molecule has 28 heavy (non-hydrogen) atoms. The fourth-order valence-corrected chi connectivity index (χ4v) is 3.75. The van der Waals surface area contributed by atoms with Crippen LogP contribution in [-0.4, -0.2) is 28.2 Å².